The van der Waals surface area contributed by atoms with Gasteiger partial charge < -0.3 is 4.90 Å². The minimum Gasteiger partial charge on any atom is -0.327 e. The molecule has 1 aliphatic carbocycles. The zero-order chi connectivity index (χ0) is 14.9. The van der Waals surface area contributed by atoms with E-state index in [0.717, 1.165) is 17.7 Å². The standard InChI is InChI=1S/C14H15BrF3NO/c1-9(10-6-7-10)19(8-14(16,17)18)13(20)11-4-2-3-5-12(11)15/h2-5,9-10H,6-8H2,1H3. The van der Waals surface area contributed by atoms with Crippen LogP contribution >= 0.6 is 15.9 Å². The average molecular weight is 350 g/mol. The Kier molecular flexibility index (Phi) is 4.42. The van der Waals surface area contributed by atoms with Gasteiger partial charge in [-0.05, 0) is 53.7 Å². The Hall–Kier alpha value is -1.04. The molecule has 1 aromatic carbocycles. The third-order valence-corrected chi connectivity index (χ3v) is 4.20. The zero-order valence-electron chi connectivity index (χ0n) is 11.0. The van der Waals surface area contributed by atoms with Crippen LogP contribution in [0.1, 0.15) is 30.1 Å². The molecule has 0 bridgehead atoms. The fraction of sp³-hybridized carbons (Fsp3) is 0.500. The summed E-state index contributed by atoms with van der Waals surface area (Å²) in [5.41, 5.74) is 0.268. The van der Waals surface area contributed by atoms with Gasteiger partial charge in [0.2, 0.25) is 0 Å². The highest BCUT2D eigenvalue weighted by molar-refractivity contribution is 9.10. The van der Waals surface area contributed by atoms with Gasteiger partial charge in [0, 0.05) is 10.5 Å². The second kappa shape index (κ2) is 5.76. The molecule has 1 unspecified atom stereocenters. The molecule has 1 aromatic rings. The van der Waals surface area contributed by atoms with E-state index >= 15 is 0 Å². The number of carbonyl (C=O) groups is 1. The van der Waals surface area contributed by atoms with Gasteiger partial charge in [-0.3, -0.25) is 4.79 Å². The fourth-order valence-corrected chi connectivity index (χ4v) is 2.67. The van der Waals surface area contributed by atoms with E-state index in [0.29, 0.717) is 4.47 Å². The van der Waals surface area contributed by atoms with Crippen molar-refractivity contribution in [2.45, 2.75) is 32.0 Å². The van der Waals surface area contributed by atoms with Crippen LogP contribution in [0, 0.1) is 5.92 Å². The van der Waals surface area contributed by atoms with Gasteiger partial charge in [-0.1, -0.05) is 12.1 Å². The predicted octanol–water partition coefficient (Wildman–Crippen LogP) is 4.25. The molecule has 0 heterocycles. The highest BCUT2D eigenvalue weighted by atomic mass is 79.9. The molecule has 20 heavy (non-hydrogen) atoms. The minimum absolute atomic E-state index is 0.184. The lowest BCUT2D eigenvalue weighted by Gasteiger charge is -2.30. The second-order valence-corrected chi connectivity index (χ2v) is 5.96. The van der Waals surface area contributed by atoms with Crippen molar-refractivity contribution in [2.24, 2.45) is 5.92 Å². The van der Waals surface area contributed by atoms with Crippen molar-refractivity contribution in [1.82, 2.24) is 4.90 Å². The van der Waals surface area contributed by atoms with Crippen LogP contribution in [-0.2, 0) is 0 Å². The zero-order valence-corrected chi connectivity index (χ0v) is 12.5. The Bertz CT molecular complexity index is 499. The molecule has 1 saturated carbocycles. The lowest BCUT2D eigenvalue weighted by Crippen LogP contribution is -2.45. The number of carbonyl (C=O) groups excluding carboxylic acids is 1. The molecule has 0 aromatic heterocycles. The molecule has 1 aliphatic rings. The fourth-order valence-electron chi connectivity index (χ4n) is 2.22. The normalized spacial score (nSPS) is 16.9. The van der Waals surface area contributed by atoms with Gasteiger partial charge in [0.25, 0.3) is 5.91 Å². The van der Waals surface area contributed by atoms with E-state index in [1.807, 2.05) is 0 Å². The van der Waals surface area contributed by atoms with Gasteiger partial charge in [-0.15, -0.1) is 0 Å². The first-order valence-electron chi connectivity index (χ1n) is 6.42. The number of amides is 1. The van der Waals surface area contributed by atoms with E-state index in [1.165, 1.54) is 6.07 Å². The van der Waals surface area contributed by atoms with E-state index in [-0.39, 0.29) is 11.5 Å². The van der Waals surface area contributed by atoms with Gasteiger partial charge in [0.15, 0.2) is 0 Å². The van der Waals surface area contributed by atoms with Crippen LogP contribution in [0.5, 0.6) is 0 Å². The lowest BCUT2D eigenvalue weighted by atomic mass is 10.1. The maximum atomic E-state index is 12.7. The first-order valence-corrected chi connectivity index (χ1v) is 7.21. The third-order valence-electron chi connectivity index (χ3n) is 3.51. The van der Waals surface area contributed by atoms with Crippen LogP contribution < -0.4 is 0 Å². The smallest absolute Gasteiger partial charge is 0.327 e. The van der Waals surface area contributed by atoms with E-state index in [4.69, 9.17) is 0 Å². The highest BCUT2D eigenvalue weighted by Crippen LogP contribution is 2.37. The number of nitrogens with zero attached hydrogens (tertiary/aromatic N) is 1. The van der Waals surface area contributed by atoms with E-state index in [2.05, 4.69) is 15.9 Å². The maximum absolute atomic E-state index is 12.7. The predicted molar refractivity (Wildman–Crippen MR) is 73.4 cm³/mol. The Labute approximate surface area is 124 Å². The van der Waals surface area contributed by atoms with Gasteiger partial charge >= 0.3 is 6.18 Å². The summed E-state index contributed by atoms with van der Waals surface area (Å²) in [7, 11) is 0. The largest absolute Gasteiger partial charge is 0.406 e. The van der Waals surface area contributed by atoms with Gasteiger partial charge in [-0.25, -0.2) is 0 Å². The molecule has 1 amide bonds. The van der Waals surface area contributed by atoms with Crippen molar-refractivity contribution in [3.8, 4) is 0 Å². The molecule has 1 fully saturated rings. The maximum Gasteiger partial charge on any atom is 0.406 e. The summed E-state index contributed by atoms with van der Waals surface area (Å²) >= 11 is 3.22. The Morgan fingerprint density at radius 2 is 2.00 bits per heavy atom. The molecule has 0 radical (unpaired) electrons. The summed E-state index contributed by atoms with van der Waals surface area (Å²) in [5, 5.41) is 0. The number of benzene rings is 1. The van der Waals surface area contributed by atoms with Crippen molar-refractivity contribution in [1.29, 1.82) is 0 Å². The van der Waals surface area contributed by atoms with Crippen molar-refractivity contribution >= 4 is 21.8 Å². The molecule has 0 saturated heterocycles. The molecule has 1 atom stereocenters. The number of hydrogen-bond acceptors (Lipinski definition) is 1. The summed E-state index contributed by atoms with van der Waals surface area (Å²) < 4.78 is 38.7. The SMILES string of the molecule is CC(C1CC1)N(CC(F)(F)F)C(=O)c1ccccc1Br. The van der Waals surface area contributed by atoms with Crippen LogP contribution in [0.15, 0.2) is 28.7 Å². The molecule has 0 N–H and O–H groups in total. The minimum atomic E-state index is -4.39. The van der Waals surface area contributed by atoms with Crippen LogP contribution in [0.25, 0.3) is 0 Å². The lowest BCUT2D eigenvalue weighted by molar-refractivity contribution is -0.144. The van der Waals surface area contributed by atoms with Gasteiger partial charge in [0.05, 0.1) is 5.56 Å². The van der Waals surface area contributed by atoms with Gasteiger partial charge in [0.1, 0.15) is 6.54 Å². The van der Waals surface area contributed by atoms with Crippen molar-refractivity contribution < 1.29 is 18.0 Å². The summed E-state index contributed by atoms with van der Waals surface area (Å²) in [6.45, 7) is 0.489. The van der Waals surface area contributed by atoms with Crippen molar-refractivity contribution in [3.63, 3.8) is 0 Å². The summed E-state index contributed by atoms with van der Waals surface area (Å²) in [6.07, 6.45) is -2.61. The Morgan fingerprint density at radius 1 is 1.40 bits per heavy atom. The molecular weight excluding hydrogens is 335 g/mol. The molecule has 110 valence electrons. The van der Waals surface area contributed by atoms with Crippen LogP contribution in [0.3, 0.4) is 0 Å². The Balaban J connectivity index is 2.25. The first kappa shape index (κ1) is 15.4. The number of alkyl halides is 3. The van der Waals surface area contributed by atoms with Crippen molar-refractivity contribution in [3.05, 3.63) is 34.3 Å². The number of rotatable bonds is 4. The average Bonchev–Trinajstić information content (AvgIpc) is 3.18. The third kappa shape index (κ3) is 3.75. The molecular formula is C14H15BrF3NO. The topological polar surface area (TPSA) is 20.3 Å². The molecule has 2 nitrogen and oxygen atoms in total. The highest BCUT2D eigenvalue weighted by Gasteiger charge is 2.40. The van der Waals surface area contributed by atoms with E-state index in [1.54, 1.807) is 25.1 Å². The van der Waals surface area contributed by atoms with E-state index < -0.39 is 24.7 Å². The van der Waals surface area contributed by atoms with Crippen LogP contribution in [0.2, 0.25) is 0 Å². The summed E-state index contributed by atoms with van der Waals surface area (Å²) in [6, 6.07) is 6.16. The Morgan fingerprint density at radius 3 is 2.50 bits per heavy atom. The number of hydrogen-bond donors (Lipinski definition) is 0. The van der Waals surface area contributed by atoms with Gasteiger partial charge in [-0.2, -0.15) is 13.2 Å². The summed E-state index contributed by atoms with van der Waals surface area (Å²) in [4.78, 5) is 13.4. The van der Waals surface area contributed by atoms with Crippen molar-refractivity contribution in [2.75, 3.05) is 6.54 Å². The first-order chi connectivity index (χ1) is 9.29. The molecule has 2 rings (SSSR count). The van der Waals surface area contributed by atoms with Crippen LogP contribution in [0.4, 0.5) is 13.2 Å². The van der Waals surface area contributed by atoms with Crippen LogP contribution in [-0.4, -0.2) is 29.6 Å². The quantitative estimate of drug-likeness (QED) is 0.795. The molecule has 0 aliphatic heterocycles. The monoisotopic (exact) mass is 349 g/mol. The number of halogens is 4. The molecule has 0 spiro atoms. The summed E-state index contributed by atoms with van der Waals surface area (Å²) in [5.74, 6) is -0.391. The molecule has 6 heteroatoms. The van der Waals surface area contributed by atoms with E-state index in [9.17, 15) is 18.0 Å². The second-order valence-electron chi connectivity index (χ2n) is 5.11.